The summed E-state index contributed by atoms with van der Waals surface area (Å²) >= 11 is 0. The Morgan fingerprint density at radius 3 is 2.07 bits per heavy atom. The zero-order valence-corrected chi connectivity index (χ0v) is 29.4. The third-order valence-corrected chi connectivity index (χ3v) is 14.4. The standard InChI is InChI=1S/C40H72O2/c1-8-9-10-11-12-13-14-15-16-17-38(41)42-33-24-26-39(6)32(28-33)20-21-34-36-23-22-35(40(36,7)27-25-37(34)39)31(5)19-18-30(4)29(2)3/h29-37H,8-28H2,1-7H3/t30-,31+,32?,33?,34-,35+,36-,37-,39-,40+/m0/s1. The number of carbonyl (C=O) groups excluding carboxylic acids is 1. The number of unbranched alkanes of at least 4 members (excludes halogenated alkanes) is 8. The van der Waals surface area contributed by atoms with E-state index < -0.39 is 0 Å². The van der Waals surface area contributed by atoms with Crippen molar-refractivity contribution in [2.45, 2.75) is 189 Å². The van der Waals surface area contributed by atoms with Crippen LogP contribution >= 0.6 is 0 Å². The molecule has 42 heavy (non-hydrogen) atoms. The van der Waals surface area contributed by atoms with Crippen LogP contribution in [0, 0.1) is 58.2 Å². The molecule has 0 amide bonds. The quantitative estimate of drug-likeness (QED) is 0.133. The molecule has 2 unspecified atom stereocenters. The highest BCUT2D eigenvalue weighted by Gasteiger charge is 2.60. The number of ether oxygens (including phenoxy) is 1. The number of esters is 1. The first kappa shape index (κ1) is 34.3. The van der Waals surface area contributed by atoms with Crippen molar-refractivity contribution >= 4 is 5.97 Å². The SMILES string of the molecule is CCCCCCCCCCCC(=O)OC1CC[C@@]2(C)C(CC[C@H]3[C@@H]4CC[C@H]([C@H](C)CC[C@H](C)C(C)C)[C@@]4(C)CC[C@@H]32)C1. The van der Waals surface area contributed by atoms with Crippen LogP contribution in [-0.2, 0) is 9.53 Å². The van der Waals surface area contributed by atoms with Crippen molar-refractivity contribution in [2.75, 3.05) is 0 Å². The van der Waals surface area contributed by atoms with Gasteiger partial charge in [0, 0.05) is 6.42 Å². The van der Waals surface area contributed by atoms with Gasteiger partial charge in [-0.05, 0) is 122 Å². The van der Waals surface area contributed by atoms with Gasteiger partial charge in [-0.15, -0.1) is 0 Å². The minimum atomic E-state index is 0.0857. The highest BCUT2D eigenvalue weighted by Crippen LogP contribution is 2.68. The van der Waals surface area contributed by atoms with Crippen LogP contribution in [0.25, 0.3) is 0 Å². The van der Waals surface area contributed by atoms with E-state index in [-0.39, 0.29) is 12.1 Å². The summed E-state index contributed by atoms with van der Waals surface area (Å²) in [6.45, 7) is 17.5. The molecule has 0 spiro atoms. The average Bonchev–Trinajstić information content (AvgIpc) is 3.32. The first-order valence-corrected chi connectivity index (χ1v) is 19.3. The number of rotatable bonds is 16. The Labute approximate surface area is 262 Å². The van der Waals surface area contributed by atoms with Crippen molar-refractivity contribution in [1.29, 1.82) is 0 Å². The van der Waals surface area contributed by atoms with E-state index in [4.69, 9.17) is 4.74 Å². The zero-order valence-electron chi connectivity index (χ0n) is 29.4. The Bertz CT molecular complexity index is 818. The Kier molecular flexibility index (Phi) is 12.8. The van der Waals surface area contributed by atoms with Gasteiger partial charge in [0.05, 0.1) is 0 Å². The molecule has 0 aliphatic heterocycles. The summed E-state index contributed by atoms with van der Waals surface area (Å²) in [5.74, 6) is 7.14. The molecule has 0 bridgehead atoms. The molecule has 0 N–H and O–H groups in total. The summed E-state index contributed by atoms with van der Waals surface area (Å²) in [7, 11) is 0. The molecule has 4 saturated carbocycles. The van der Waals surface area contributed by atoms with Gasteiger partial charge < -0.3 is 4.74 Å². The maximum Gasteiger partial charge on any atom is 0.306 e. The summed E-state index contributed by atoms with van der Waals surface area (Å²) in [5, 5.41) is 0. The van der Waals surface area contributed by atoms with Crippen molar-refractivity contribution in [3.8, 4) is 0 Å². The van der Waals surface area contributed by atoms with Crippen molar-refractivity contribution in [3.63, 3.8) is 0 Å². The van der Waals surface area contributed by atoms with E-state index in [0.29, 0.717) is 17.3 Å². The van der Waals surface area contributed by atoms with Crippen LogP contribution in [0.4, 0.5) is 0 Å². The van der Waals surface area contributed by atoms with E-state index in [0.717, 1.165) is 66.6 Å². The summed E-state index contributed by atoms with van der Waals surface area (Å²) in [6.07, 6.45) is 27.6. The van der Waals surface area contributed by atoms with E-state index in [1.807, 2.05) is 0 Å². The molecule has 0 heterocycles. The van der Waals surface area contributed by atoms with E-state index in [1.165, 1.54) is 109 Å². The lowest BCUT2D eigenvalue weighted by Crippen LogP contribution is -2.54. The van der Waals surface area contributed by atoms with E-state index in [9.17, 15) is 4.79 Å². The van der Waals surface area contributed by atoms with Crippen LogP contribution in [0.2, 0.25) is 0 Å². The number of hydrogen-bond acceptors (Lipinski definition) is 2. The lowest BCUT2D eigenvalue weighted by Gasteiger charge is -2.61. The molecule has 244 valence electrons. The second-order valence-corrected chi connectivity index (χ2v) is 17.1. The van der Waals surface area contributed by atoms with E-state index >= 15 is 0 Å². The van der Waals surface area contributed by atoms with Gasteiger partial charge in [0.1, 0.15) is 6.10 Å². The average molecular weight is 585 g/mol. The Balaban J connectivity index is 1.22. The highest BCUT2D eigenvalue weighted by atomic mass is 16.5. The topological polar surface area (TPSA) is 26.3 Å². The molecule has 10 atom stereocenters. The fourth-order valence-electron chi connectivity index (χ4n) is 11.2. The normalized spacial score (nSPS) is 37.5. The first-order valence-electron chi connectivity index (χ1n) is 19.3. The molecule has 2 nitrogen and oxygen atoms in total. The third-order valence-electron chi connectivity index (χ3n) is 14.4. The van der Waals surface area contributed by atoms with E-state index in [1.54, 1.807) is 0 Å². The van der Waals surface area contributed by atoms with E-state index in [2.05, 4.69) is 48.5 Å². The van der Waals surface area contributed by atoms with Gasteiger partial charge in [-0.1, -0.05) is 113 Å². The highest BCUT2D eigenvalue weighted by molar-refractivity contribution is 5.69. The lowest BCUT2D eigenvalue weighted by atomic mass is 9.44. The molecule has 0 aromatic carbocycles. The summed E-state index contributed by atoms with van der Waals surface area (Å²) in [5.41, 5.74) is 1.05. The molecular weight excluding hydrogens is 512 g/mol. The molecular formula is C40H72O2. The second kappa shape index (κ2) is 15.7. The Morgan fingerprint density at radius 2 is 1.38 bits per heavy atom. The monoisotopic (exact) mass is 585 g/mol. The Hall–Kier alpha value is -0.530. The van der Waals surface area contributed by atoms with Crippen LogP contribution in [0.5, 0.6) is 0 Å². The van der Waals surface area contributed by atoms with Crippen LogP contribution in [-0.4, -0.2) is 12.1 Å². The van der Waals surface area contributed by atoms with Crippen LogP contribution < -0.4 is 0 Å². The maximum atomic E-state index is 12.7. The summed E-state index contributed by atoms with van der Waals surface area (Å²) in [6, 6.07) is 0. The largest absolute Gasteiger partial charge is 0.462 e. The molecule has 4 aliphatic rings. The summed E-state index contributed by atoms with van der Waals surface area (Å²) in [4.78, 5) is 12.7. The van der Waals surface area contributed by atoms with Gasteiger partial charge >= 0.3 is 5.97 Å². The molecule has 4 rings (SSSR count). The predicted molar refractivity (Wildman–Crippen MR) is 179 cm³/mol. The van der Waals surface area contributed by atoms with Crippen molar-refractivity contribution in [2.24, 2.45) is 58.2 Å². The van der Waals surface area contributed by atoms with Gasteiger partial charge in [-0.2, -0.15) is 0 Å². The van der Waals surface area contributed by atoms with Gasteiger partial charge in [-0.25, -0.2) is 0 Å². The smallest absolute Gasteiger partial charge is 0.306 e. The van der Waals surface area contributed by atoms with Crippen LogP contribution in [0.15, 0.2) is 0 Å². The van der Waals surface area contributed by atoms with Gasteiger partial charge in [0.25, 0.3) is 0 Å². The molecule has 0 aromatic heterocycles. The number of hydrogen-bond donors (Lipinski definition) is 0. The molecule has 0 saturated heterocycles. The first-order chi connectivity index (χ1) is 20.1. The van der Waals surface area contributed by atoms with Gasteiger partial charge in [0.2, 0.25) is 0 Å². The van der Waals surface area contributed by atoms with Crippen LogP contribution in [0.3, 0.4) is 0 Å². The molecule has 4 fully saturated rings. The molecule has 2 heteroatoms. The summed E-state index contributed by atoms with van der Waals surface area (Å²) < 4.78 is 6.13. The minimum Gasteiger partial charge on any atom is -0.462 e. The lowest BCUT2D eigenvalue weighted by molar-refractivity contribution is -0.162. The van der Waals surface area contributed by atoms with Crippen molar-refractivity contribution < 1.29 is 9.53 Å². The molecule has 4 aliphatic carbocycles. The van der Waals surface area contributed by atoms with Crippen molar-refractivity contribution in [3.05, 3.63) is 0 Å². The number of fused-ring (bicyclic) bond motifs is 5. The Morgan fingerprint density at radius 1 is 0.738 bits per heavy atom. The minimum absolute atomic E-state index is 0.0857. The zero-order chi connectivity index (χ0) is 30.3. The van der Waals surface area contributed by atoms with Crippen LogP contribution in [0.1, 0.15) is 183 Å². The van der Waals surface area contributed by atoms with Gasteiger partial charge in [0.15, 0.2) is 0 Å². The maximum absolute atomic E-state index is 12.7. The fourth-order valence-corrected chi connectivity index (χ4v) is 11.2. The van der Waals surface area contributed by atoms with Gasteiger partial charge in [-0.3, -0.25) is 4.79 Å². The molecule has 0 radical (unpaired) electrons. The molecule has 0 aromatic rings. The third kappa shape index (κ3) is 8.00. The van der Waals surface area contributed by atoms with Crippen molar-refractivity contribution in [1.82, 2.24) is 0 Å². The fraction of sp³-hybridized carbons (Fsp3) is 0.975. The number of carbonyl (C=O) groups is 1. The predicted octanol–water partition coefficient (Wildman–Crippen LogP) is 12.2. The second-order valence-electron chi connectivity index (χ2n) is 17.1.